The second kappa shape index (κ2) is 9.20. The highest BCUT2D eigenvalue weighted by atomic mass is 16.3. The second-order valence-corrected chi connectivity index (χ2v) is 7.38. The molecule has 2 atom stereocenters. The van der Waals surface area contributed by atoms with Crippen LogP contribution >= 0.6 is 0 Å². The summed E-state index contributed by atoms with van der Waals surface area (Å²) in [7, 11) is 0. The number of amides is 2. The Kier molecular flexibility index (Phi) is 7.26. The van der Waals surface area contributed by atoms with Gasteiger partial charge in [0.2, 0.25) is 0 Å². The van der Waals surface area contributed by atoms with E-state index in [1.807, 2.05) is 19.9 Å². The first-order valence-electron chi connectivity index (χ1n) is 9.46. The van der Waals surface area contributed by atoms with Crippen LogP contribution in [0, 0.1) is 0 Å². The number of likely N-dealkylation sites (tertiary alicyclic amines) is 1. The van der Waals surface area contributed by atoms with Gasteiger partial charge in [-0.15, -0.1) is 0 Å². The van der Waals surface area contributed by atoms with Crippen molar-refractivity contribution in [2.75, 3.05) is 19.7 Å². The summed E-state index contributed by atoms with van der Waals surface area (Å²) in [5, 5.41) is 15.3. The van der Waals surface area contributed by atoms with Crippen LogP contribution in [0.4, 0.5) is 4.79 Å². The molecule has 5 heteroatoms. The highest BCUT2D eigenvalue weighted by Gasteiger charge is 2.27. The van der Waals surface area contributed by atoms with Crippen molar-refractivity contribution >= 4 is 6.03 Å². The molecule has 1 saturated heterocycles. The number of hydrogen-bond donors (Lipinski definition) is 3. The van der Waals surface area contributed by atoms with Crippen molar-refractivity contribution in [3.63, 3.8) is 0 Å². The summed E-state index contributed by atoms with van der Waals surface area (Å²) < 4.78 is 0. The van der Waals surface area contributed by atoms with Gasteiger partial charge in [0, 0.05) is 37.3 Å². The summed E-state index contributed by atoms with van der Waals surface area (Å²) in [6.45, 7) is 8.31. The third-order valence-corrected chi connectivity index (χ3v) is 5.55. The Morgan fingerprint density at radius 1 is 1.32 bits per heavy atom. The van der Waals surface area contributed by atoms with Crippen LogP contribution in [0.1, 0.15) is 58.1 Å². The Hall–Kier alpha value is -1.59. The van der Waals surface area contributed by atoms with E-state index >= 15 is 0 Å². The Labute approximate surface area is 151 Å². The van der Waals surface area contributed by atoms with Crippen LogP contribution in [-0.4, -0.2) is 47.3 Å². The average molecular weight is 348 g/mol. The second-order valence-electron chi connectivity index (χ2n) is 7.38. The number of piperidine rings is 1. The van der Waals surface area contributed by atoms with Gasteiger partial charge in [-0.3, -0.25) is 4.90 Å². The van der Waals surface area contributed by atoms with E-state index in [4.69, 9.17) is 5.11 Å². The van der Waals surface area contributed by atoms with Crippen molar-refractivity contribution in [2.24, 2.45) is 0 Å². The van der Waals surface area contributed by atoms with Gasteiger partial charge in [-0.2, -0.15) is 0 Å². The van der Waals surface area contributed by atoms with Crippen LogP contribution in [-0.2, 0) is 0 Å². The smallest absolute Gasteiger partial charge is 0.315 e. The van der Waals surface area contributed by atoms with Crippen molar-refractivity contribution in [1.82, 2.24) is 15.5 Å². The fourth-order valence-electron chi connectivity index (χ4n) is 3.44. The Morgan fingerprint density at radius 3 is 2.52 bits per heavy atom. The van der Waals surface area contributed by atoms with E-state index < -0.39 is 0 Å². The SMILES string of the molecule is CCC(C)(CCO)NC(=O)NC1CCN(C(C)c2ccccc2)CC1. The number of carbonyl (C=O) groups is 1. The van der Waals surface area contributed by atoms with Gasteiger partial charge in [-0.25, -0.2) is 4.79 Å². The van der Waals surface area contributed by atoms with E-state index in [1.54, 1.807) is 0 Å². The minimum Gasteiger partial charge on any atom is -0.396 e. The van der Waals surface area contributed by atoms with Crippen molar-refractivity contribution in [3.05, 3.63) is 35.9 Å². The van der Waals surface area contributed by atoms with E-state index in [1.165, 1.54) is 5.56 Å². The number of urea groups is 1. The molecule has 0 radical (unpaired) electrons. The minimum atomic E-state index is -0.346. The summed E-state index contributed by atoms with van der Waals surface area (Å²) in [6, 6.07) is 11.1. The third kappa shape index (κ3) is 5.72. The number of aliphatic hydroxyl groups is 1. The predicted molar refractivity (Wildman–Crippen MR) is 102 cm³/mol. The average Bonchev–Trinajstić information content (AvgIpc) is 2.62. The number of carbonyl (C=O) groups excluding carboxylic acids is 1. The molecule has 0 spiro atoms. The Morgan fingerprint density at radius 2 is 1.96 bits per heavy atom. The van der Waals surface area contributed by atoms with Crippen molar-refractivity contribution < 1.29 is 9.90 Å². The lowest BCUT2D eigenvalue weighted by Crippen LogP contribution is -2.54. The normalized spacial score (nSPS) is 19.8. The number of benzene rings is 1. The maximum atomic E-state index is 12.3. The zero-order chi connectivity index (χ0) is 18.3. The van der Waals surface area contributed by atoms with E-state index in [0.29, 0.717) is 12.5 Å². The molecule has 0 saturated carbocycles. The van der Waals surface area contributed by atoms with Crippen LogP contribution in [0.5, 0.6) is 0 Å². The highest BCUT2D eigenvalue weighted by molar-refractivity contribution is 5.75. The maximum Gasteiger partial charge on any atom is 0.315 e. The zero-order valence-corrected chi connectivity index (χ0v) is 15.8. The van der Waals surface area contributed by atoms with Gasteiger partial charge in [-0.05, 0) is 45.1 Å². The first-order chi connectivity index (χ1) is 12.0. The molecule has 5 nitrogen and oxygen atoms in total. The lowest BCUT2D eigenvalue weighted by atomic mass is 9.95. The van der Waals surface area contributed by atoms with Crippen LogP contribution in [0.2, 0.25) is 0 Å². The lowest BCUT2D eigenvalue weighted by molar-refractivity contribution is 0.150. The molecule has 0 aliphatic carbocycles. The summed E-state index contributed by atoms with van der Waals surface area (Å²) >= 11 is 0. The molecule has 0 aromatic heterocycles. The molecule has 1 aliphatic rings. The predicted octanol–water partition coefficient (Wildman–Crippen LogP) is 3.06. The summed E-state index contributed by atoms with van der Waals surface area (Å²) in [5.74, 6) is 0. The standard InChI is InChI=1S/C20H33N3O2/c1-4-20(3,12-15-24)22-19(25)21-18-10-13-23(14-11-18)16(2)17-8-6-5-7-9-17/h5-9,16,18,24H,4,10-15H2,1-3H3,(H2,21,22,25). The fourth-order valence-corrected chi connectivity index (χ4v) is 3.44. The highest BCUT2D eigenvalue weighted by Crippen LogP contribution is 2.24. The van der Waals surface area contributed by atoms with Crippen LogP contribution in [0.15, 0.2) is 30.3 Å². The molecule has 2 amide bonds. The third-order valence-electron chi connectivity index (χ3n) is 5.55. The van der Waals surface area contributed by atoms with E-state index in [2.05, 4.69) is 46.7 Å². The van der Waals surface area contributed by atoms with E-state index in [9.17, 15) is 4.79 Å². The first-order valence-corrected chi connectivity index (χ1v) is 9.46. The number of nitrogens with one attached hydrogen (secondary N) is 2. The maximum absolute atomic E-state index is 12.3. The lowest BCUT2D eigenvalue weighted by Gasteiger charge is -2.37. The molecule has 1 heterocycles. The number of nitrogens with zero attached hydrogens (tertiary/aromatic N) is 1. The van der Waals surface area contributed by atoms with Crippen LogP contribution in [0.3, 0.4) is 0 Å². The topological polar surface area (TPSA) is 64.6 Å². The van der Waals surface area contributed by atoms with E-state index in [0.717, 1.165) is 32.4 Å². The molecule has 3 N–H and O–H groups in total. The number of hydrogen-bond acceptors (Lipinski definition) is 3. The van der Waals surface area contributed by atoms with Gasteiger partial charge in [0.25, 0.3) is 0 Å². The first kappa shape index (κ1) is 19.7. The van der Waals surface area contributed by atoms with Gasteiger partial charge in [0.05, 0.1) is 0 Å². The largest absolute Gasteiger partial charge is 0.396 e. The molecule has 25 heavy (non-hydrogen) atoms. The molecule has 2 rings (SSSR count). The van der Waals surface area contributed by atoms with Gasteiger partial charge < -0.3 is 15.7 Å². The molecular weight excluding hydrogens is 314 g/mol. The van der Waals surface area contributed by atoms with Crippen LogP contribution in [0.25, 0.3) is 0 Å². The quantitative estimate of drug-likeness (QED) is 0.710. The van der Waals surface area contributed by atoms with Gasteiger partial charge >= 0.3 is 6.03 Å². The summed E-state index contributed by atoms with van der Waals surface area (Å²) in [4.78, 5) is 14.8. The monoisotopic (exact) mass is 347 g/mol. The van der Waals surface area contributed by atoms with Gasteiger partial charge in [-0.1, -0.05) is 37.3 Å². The summed E-state index contributed by atoms with van der Waals surface area (Å²) in [6.07, 6.45) is 3.30. The molecule has 1 aliphatic heterocycles. The number of rotatable bonds is 7. The summed E-state index contributed by atoms with van der Waals surface area (Å²) in [5.41, 5.74) is 0.996. The van der Waals surface area contributed by atoms with E-state index in [-0.39, 0.29) is 24.2 Å². The molecule has 0 bridgehead atoms. The minimum absolute atomic E-state index is 0.0837. The molecule has 140 valence electrons. The van der Waals surface area contributed by atoms with Gasteiger partial charge in [0.15, 0.2) is 0 Å². The van der Waals surface area contributed by atoms with Crippen LogP contribution < -0.4 is 10.6 Å². The van der Waals surface area contributed by atoms with Crippen molar-refractivity contribution in [3.8, 4) is 0 Å². The zero-order valence-electron chi connectivity index (χ0n) is 15.8. The molecular formula is C20H33N3O2. The van der Waals surface area contributed by atoms with Gasteiger partial charge in [0.1, 0.15) is 0 Å². The number of aliphatic hydroxyl groups excluding tert-OH is 1. The molecule has 1 fully saturated rings. The molecule has 2 unspecified atom stereocenters. The Balaban J connectivity index is 1.79. The molecule has 1 aromatic carbocycles. The molecule has 1 aromatic rings. The fraction of sp³-hybridized carbons (Fsp3) is 0.650. The Bertz CT molecular complexity index is 529. The van der Waals surface area contributed by atoms with Crippen molar-refractivity contribution in [1.29, 1.82) is 0 Å². The van der Waals surface area contributed by atoms with Crippen molar-refractivity contribution in [2.45, 2.75) is 64.1 Å².